The van der Waals surface area contributed by atoms with Crippen LogP contribution in [0, 0.1) is 6.92 Å². The van der Waals surface area contributed by atoms with Gasteiger partial charge in [-0.2, -0.15) is 0 Å². The van der Waals surface area contributed by atoms with E-state index in [9.17, 15) is 14.4 Å². The van der Waals surface area contributed by atoms with Crippen LogP contribution < -0.4 is 5.69 Å². The largest absolute Gasteiger partial charge is 0.463 e. The quantitative estimate of drug-likeness (QED) is 0.605. The summed E-state index contributed by atoms with van der Waals surface area (Å²) in [6.07, 6.45) is 0. The lowest BCUT2D eigenvalue weighted by Crippen LogP contribution is -2.42. The predicted octanol–water partition coefficient (Wildman–Crippen LogP) is 1.44. The molecule has 0 N–H and O–H groups in total. The Kier molecular flexibility index (Phi) is 4.79. The summed E-state index contributed by atoms with van der Waals surface area (Å²) >= 11 is 0. The standard InChI is InChI=1S/C20H20N4O5/c1-13-5-3-4-6-14(13)11-22-9-10-23-17(18(22)25)21-24(20(23)27)12-15-7-8-16(29-15)19(26)28-2/h3-8H,9-12H2,1-2H3. The zero-order valence-electron chi connectivity index (χ0n) is 16.1. The molecule has 0 saturated carbocycles. The molecule has 1 aliphatic heterocycles. The molecule has 0 aliphatic carbocycles. The number of aryl methyl sites for hydroxylation is 1. The number of fused-ring (bicyclic) bond motifs is 1. The molecule has 1 amide bonds. The van der Waals surface area contributed by atoms with Gasteiger partial charge in [-0.25, -0.2) is 14.3 Å². The highest BCUT2D eigenvalue weighted by atomic mass is 16.5. The maximum absolute atomic E-state index is 12.9. The van der Waals surface area contributed by atoms with Gasteiger partial charge in [-0.1, -0.05) is 24.3 Å². The lowest BCUT2D eigenvalue weighted by Gasteiger charge is -2.27. The lowest BCUT2D eigenvalue weighted by atomic mass is 10.1. The molecule has 1 aliphatic rings. The molecule has 0 unspecified atom stereocenters. The number of furan rings is 1. The van der Waals surface area contributed by atoms with Gasteiger partial charge in [0.15, 0.2) is 0 Å². The number of hydrogen-bond acceptors (Lipinski definition) is 6. The molecule has 2 aromatic heterocycles. The van der Waals surface area contributed by atoms with Gasteiger partial charge in [-0.15, -0.1) is 5.10 Å². The van der Waals surface area contributed by atoms with Crippen molar-refractivity contribution in [3.05, 3.63) is 75.4 Å². The highest BCUT2D eigenvalue weighted by Gasteiger charge is 2.30. The lowest BCUT2D eigenvalue weighted by molar-refractivity contribution is 0.0562. The van der Waals surface area contributed by atoms with Gasteiger partial charge in [0.2, 0.25) is 11.6 Å². The van der Waals surface area contributed by atoms with E-state index in [2.05, 4.69) is 9.84 Å². The summed E-state index contributed by atoms with van der Waals surface area (Å²) in [7, 11) is 1.26. The zero-order valence-corrected chi connectivity index (χ0v) is 16.1. The number of nitrogens with zero attached hydrogens (tertiary/aromatic N) is 4. The Labute approximate surface area is 166 Å². The van der Waals surface area contributed by atoms with Crippen molar-refractivity contribution in [3.63, 3.8) is 0 Å². The summed E-state index contributed by atoms with van der Waals surface area (Å²) < 4.78 is 12.5. The van der Waals surface area contributed by atoms with Crippen molar-refractivity contribution in [3.8, 4) is 0 Å². The van der Waals surface area contributed by atoms with E-state index in [4.69, 9.17) is 4.42 Å². The molecule has 9 nitrogen and oxygen atoms in total. The first kappa shape index (κ1) is 18.7. The summed E-state index contributed by atoms with van der Waals surface area (Å²) in [6.45, 7) is 3.28. The molecule has 3 heterocycles. The first-order valence-electron chi connectivity index (χ1n) is 9.16. The number of ether oxygens (including phenoxy) is 1. The smallest absolute Gasteiger partial charge is 0.373 e. The zero-order chi connectivity index (χ0) is 20.5. The van der Waals surface area contributed by atoms with Crippen LogP contribution in [-0.4, -0.2) is 44.8 Å². The van der Waals surface area contributed by atoms with Gasteiger partial charge in [0.25, 0.3) is 5.91 Å². The Morgan fingerprint density at radius 1 is 1.14 bits per heavy atom. The Balaban J connectivity index is 1.56. The number of amides is 1. The number of benzene rings is 1. The Bertz CT molecular complexity index is 1140. The number of methoxy groups -OCH3 is 1. The van der Waals surface area contributed by atoms with Crippen LogP contribution in [0.15, 0.2) is 45.6 Å². The third kappa shape index (κ3) is 3.46. The van der Waals surface area contributed by atoms with E-state index >= 15 is 0 Å². The second-order valence-electron chi connectivity index (χ2n) is 6.83. The molecular formula is C20H20N4O5. The van der Waals surface area contributed by atoms with E-state index in [1.54, 1.807) is 11.0 Å². The highest BCUT2D eigenvalue weighted by Crippen LogP contribution is 2.16. The summed E-state index contributed by atoms with van der Waals surface area (Å²) in [4.78, 5) is 38.7. The fraction of sp³-hybridized carbons (Fsp3) is 0.300. The Morgan fingerprint density at radius 2 is 1.93 bits per heavy atom. The summed E-state index contributed by atoms with van der Waals surface area (Å²) in [5.74, 6) is -0.374. The van der Waals surface area contributed by atoms with Crippen molar-refractivity contribution in [2.24, 2.45) is 0 Å². The number of esters is 1. The van der Waals surface area contributed by atoms with Gasteiger partial charge in [0.1, 0.15) is 12.3 Å². The molecule has 3 aromatic rings. The van der Waals surface area contributed by atoms with Crippen molar-refractivity contribution < 1.29 is 18.7 Å². The van der Waals surface area contributed by atoms with Gasteiger partial charge in [-0.3, -0.25) is 9.36 Å². The van der Waals surface area contributed by atoms with Gasteiger partial charge in [-0.05, 0) is 30.2 Å². The van der Waals surface area contributed by atoms with Crippen molar-refractivity contribution in [2.45, 2.75) is 26.6 Å². The minimum absolute atomic E-state index is 0.0148. The van der Waals surface area contributed by atoms with Crippen LogP contribution in [0.5, 0.6) is 0 Å². The molecule has 29 heavy (non-hydrogen) atoms. The van der Waals surface area contributed by atoms with Gasteiger partial charge >= 0.3 is 11.7 Å². The first-order chi connectivity index (χ1) is 14.0. The molecule has 9 heteroatoms. The minimum atomic E-state index is -0.602. The molecule has 0 fully saturated rings. The third-order valence-electron chi connectivity index (χ3n) is 4.97. The van der Waals surface area contributed by atoms with E-state index in [-0.39, 0.29) is 29.7 Å². The van der Waals surface area contributed by atoms with Crippen molar-refractivity contribution in [1.29, 1.82) is 0 Å². The maximum Gasteiger partial charge on any atom is 0.373 e. The SMILES string of the molecule is COC(=O)c1ccc(Cn2nc3n(c2=O)CCN(Cc2ccccc2C)C3=O)o1. The highest BCUT2D eigenvalue weighted by molar-refractivity contribution is 5.91. The maximum atomic E-state index is 12.9. The number of carbonyl (C=O) groups is 2. The van der Waals surface area contributed by atoms with E-state index in [0.29, 0.717) is 25.4 Å². The van der Waals surface area contributed by atoms with Crippen LogP contribution in [0.1, 0.15) is 38.1 Å². The molecule has 0 saturated heterocycles. The second kappa shape index (κ2) is 7.42. The average molecular weight is 396 g/mol. The number of rotatable bonds is 5. The Morgan fingerprint density at radius 3 is 2.69 bits per heavy atom. The van der Waals surface area contributed by atoms with Crippen molar-refractivity contribution >= 4 is 11.9 Å². The topological polar surface area (TPSA) is 99.6 Å². The molecular weight excluding hydrogens is 376 g/mol. The Hall–Kier alpha value is -3.62. The van der Waals surface area contributed by atoms with E-state index in [1.807, 2.05) is 31.2 Å². The molecule has 4 rings (SSSR count). The molecule has 150 valence electrons. The number of carbonyl (C=O) groups excluding carboxylic acids is 2. The van der Waals surface area contributed by atoms with Crippen LogP contribution in [0.2, 0.25) is 0 Å². The van der Waals surface area contributed by atoms with E-state index in [1.165, 1.54) is 22.4 Å². The van der Waals surface area contributed by atoms with Crippen LogP contribution in [0.25, 0.3) is 0 Å². The van der Waals surface area contributed by atoms with Crippen LogP contribution in [0.4, 0.5) is 0 Å². The minimum Gasteiger partial charge on any atom is -0.463 e. The monoisotopic (exact) mass is 396 g/mol. The molecule has 0 spiro atoms. The number of hydrogen-bond donors (Lipinski definition) is 0. The van der Waals surface area contributed by atoms with Crippen LogP contribution in [-0.2, 0) is 24.4 Å². The molecule has 0 radical (unpaired) electrons. The van der Waals surface area contributed by atoms with Gasteiger partial charge in [0.05, 0.1) is 7.11 Å². The van der Waals surface area contributed by atoms with Crippen molar-refractivity contribution in [1.82, 2.24) is 19.2 Å². The summed E-state index contributed by atoms with van der Waals surface area (Å²) in [5, 5.41) is 4.21. The average Bonchev–Trinajstić information content (AvgIpc) is 3.31. The number of aromatic nitrogens is 3. The summed E-state index contributed by atoms with van der Waals surface area (Å²) in [6, 6.07) is 10.9. The van der Waals surface area contributed by atoms with E-state index in [0.717, 1.165) is 11.1 Å². The summed E-state index contributed by atoms with van der Waals surface area (Å²) in [5.41, 5.74) is 1.77. The molecule has 1 aromatic carbocycles. The molecule has 0 atom stereocenters. The fourth-order valence-corrected chi connectivity index (χ4v) is 3.33. The second-order valence-corrected chi connectivity index (χ2v) is 6.83. The van der Waals surface area contributed by atoms with Gasteiger partial charge in [0, 0.05) is 19.6 Å². The fourth-order valence-electron chi connectivity index (χ4n) is 3.33. The van der Waals surface area contributed by atoms with Crippen LogP contribution >= 0.6 is 0 Å². The predicted molar refractivity (Wildman–Crippen MR) is 102 cm³/mol. The van der Waals surface area contributed by atoms with Gasteiger partial charge < -0.3 is 14.1 Å². The normalized spacial score (nSPS) is 13.4. The van der Waals surface area contributed by atoms with Crippen molar-refractivity contribution in [2.75, 3.05) is 13.7 Å². The first-order valence-corrected chi connectivity index (χ1v) is 9.16. The van der Waals surface area contributed by atoms with E-state index < -0.39 is 5.97 Å². The third-order valence-corrected chi connectivity index (χ3v) is 4.97. The van der Waals surface area contributed by atoms with Crippen LogP contribution in [0.3, 0.4) is 0 Å². The molecule has 0 bridgehead atoms.